The minimum absolute atomic E-state index is 0.172. The van der Waals surface area contributed by atoms with Gasteiger partial charge >= 0.3 is 0 Å². The summed E-state index contributed by atoms with van der Waals surface area (Å²) in [7, 11) is 0. The molecule has 5 heteroatoms. The van der Waals surface area contributed by atoms with Crippen LogP contribution in [-0.2, 0) is 0 Å². The van der Waals surface area contributed by atoms with Crippen LogP contribution in [0.4, 0.5) is 0 Å². The van der Waals surface area contributed by atoms with Gasteiger partial charge in [0.2, 0.25) is 0 Å². The molecule has 0 aliphatic carbocycles. The van der Waals surface area contributed by atoms with E-state index in [0.717, 1.165) is 17.0 Å². The number of nitrogens with one attached hydrogen (secondary N) is 1. The van der Waals surface area contributed by atoms with Crippen molar-refractivity contribution in [2.24, 2.45) is 5.84 Å². The highest BCUT2D eigenvalue weighted by Crippen LogP contribution is 2.21. The Morgan fingerprint density at radius 1 is 1.28 bits per heavy atom. The summed E-state index contributed by atoms with van der Waals surface area (Å²) in [6, 6.07) is 7.59. The fourth-order valence-electron chi connectivity index (χ4n) is 1.74. The van der Waals surface area contributed by atoms with Gasteiger partial charge in [0, 0.05) is 12.4 Å². The van der Waals surface area contributed by atoms with Crippen LogP contribution in [0.2, 0.25) is 0 Å². The van der Waals surface area contributed by atoms with Crippen LogP contribution in [0.15, 0.2) is 42.9 Å². The van der Waals surface area contributed by atoms with E-state index in [-0.39, 0.29) is 6.04 Å². The molecule has 5 nitrogen and oxygen atoms in total. The first-order valence-corrected chi connectivity index (χ1v) is 5.80. The van der Waals surface area contributed by atoms with E-state index in [2.05, 4.69) is 15.4 Å². The summed E-state index contributed by atoms with van der Waals surface area (Å²) in [4.78, 5) is 8.29. The van der Waals surface area contributed by atoms with Gasteiger partial charge in [-0.15, -0.1) is 0 Å². The molecule has 2 rings (SSSR count). The number of hydrogen-bond donors (Lipinski definition) is 2. The standard InChI is InChI=1S/C13H16N4O/c1-2-18-11-5-3-10(4-6-11)13(17-14)12-9-15-7-8-16-12/h3-9,13,17H,2,14H2,1H3. The molecule has 0 fully saturated rings. The largest absolute Gasteiger partial charge is 0.494 e. The number of hydrazine groups is 1. The molecule has 1 aromatic carbocycles. The maximum atomic E-state index is 5.58. The first kappa shape index (κ1) is 12.5. The highest BCUT2D eigenvalue weighted by molar-refractivity contribution is 5.32. The molecule has 1 heterocycles. The van der Waals surface area contributed by atoms with Gasteiger partial charge in [0.15, 0.2) is 0 Å². The SMILES string of the molecule is CCOc1ccc(C(NN)c2cnccn2)cc1. The Balaban J connectivity index is 2.23. The molecule has 0 saturated heterocycles. The van der Waals surface area contributed by atoms with Crippen LogP contribution in [0.5, 0.6) is 5.75 Å². The van der Waals surface area contributed by atoms with Crippen molar-refractivity contribution in [1.82, 2.24) is 15.4 Å². The van der Waals surface area contributed by atoms with Gasteiger partial charge in [0.05, 0.1) is 24.5 Å². The molecule has 0 aliphatic rings. The number of benzene rings is 1. The van der Waals surface area contributed by atoms with E-state index in [9.17, 15) is 0 Å². The van der Waals surface area contributed by atoms with Crippen molar-refractivity contribution < 1.29 is 4.74 Å². The fraction of sp³-hybridized carbons (Fsp3) is 0.231. The highest BCUT2D eigenvalue weighted by Gasteiger charge is 2.13. The lowest BCUT2D eigenvalue weighted by Gasteiger charge is -2.15. The van der Waals surface area contributed by atoms with Crippen LogP contribution in [-0.4, -0.2) is 16.6 Å². The first-order chi connectivity index (χ1) is 8.85. The van der Waals surface area contributed by atoms with Crippen LogP contribution < -0.4 is 16.0 Å². The Bertz CT molecular complexity index is 472. The monoisotopic (exact) mass is 244 g/mol. The van der Waals surface area contributed by atoms with E-state index in [4.69, 9.17) is 10.6 Å². The van der Waals surface area contributed by atoms with Crippen molar-refractivity contribution in [3.8, 4) is 5.75 Å². The van der Waals surface area contributed by atoms with Gasteiger partial charge in [0.1, 0.15) is 5.75 Å². The quantitative estimate of drug-likeness (QED) is 0.615. The predicted octanol–water partition coefficient (Wildman–Crippen LogP) is 1.43. The van der Waals surface area contributed by atoms with Crippen LogP contribution >= 0.6 is 0 Å². The summed E-state index contributed by atoms with van der Waals surface area (Å²) in [6.45, 7) is 2.61. The van der Waals surface area contributed by atoms with E-state index in [0.29, 0.717) is 6.61 Å². The molecule has 0 aliphatic heterocycles. The van der Waals surface area contributed by atoms with E-state index >= 15 is 0 Å². The number of nitrogens with zero attached hydrogens (tertiary/aromatic N) is 2. The maximum absolute atomic E-state index is 5.58. The molecule has 1 atom stereocenters. The third kappa shape index (κ3) is 2.82. The Morgan fingerprint density at radius 3 is 2.61 bits per heavy atom. The van der Waals surface area contributed by atoms with Crippen molar-refractivity contribution in [3.05, 3.63) is 54.1 Å². The zero-order valence-electron chi connectivity index (χ0n) is 10.2. The normalized spacial score (nSPS) is 12.1. The van der Waals surface area contributed by atoms with Gasteiger partial charge in [-0.3, -0.25) is 15.8 Å². The van der Waals surface area contributed by atoms with Gasteiger partial charge in [-0.25, -0.2) is 5.43 Å². The third-order valence-electron chi connectivity index (χ3n) is 2.57. The van der Waals surface area contributed by atoms with Crippen molar-refractivity contribution in [3.63, 3.8) is 0 Å². The van der Waals surface area contributed by atoms with Crippen molar-refractivity contribution in [2.45, 2.75) is 13.0 Å². The second-order valence-electron chi connectivity index (χ2n) is 3.73. The predicted molar refractivity (Wildman–Crippen MR) is 68.8 cm³/mol. The number of aromatic nitrogens is 2. The minimum atomic E-state index is -0.172. The summed E-state index contributed by atoms with van der Waals surface area (Å²) in [5, 5.41) is 0. The molecule has 2 aromatic rings. The minimum Gasteiger partial charge on any atom is -0.494 e. The fourth-order valence-corrected chi connectivity index (χ4v) is 1.74. The molecule has 0 amide bonds. The van der Waals surface area contributed by atoms with Gasteiger partial charge in [-0.05, 0) is 24.6 Å². The Hall–Kier alpha value is -1.98. The number of ether oxygens (including phenoxy) is 1. The third-order valence-corrected chi connectivity index (χ3v) is 2.57. The molecule has 3 N–H and O–H groups in total. The van der Waals surface area contributed by atoms with E-state index < -0.39 is 0 Å². The van der Waals surface area contributed by atoms with Gasteiger partial charge in [-0.2, -0.15) is 0 Å². The van der Waals surface area contributed by atoms with E-state index in [1.54, 1.807) is 18.6 Å². The van der Waals surface area contributed by atoms with Gasteiger partial charge < -0.3 is 4.74 Å². The molecule has 18 heavy (non-hydrogen) atoms. The molecule has 1 unspecified atom stereocenters. The maximum Gasteiger partial charge on any atom is 0.119 e. The van der Waals surface area contributed by atoms with Crippen LogP contribution in [0, 0.1) is 0 Å². The zero-order chi connectivity index (χ0) is 12.8. The molecule has 0 radical (unpaired) electrons. The lowest BCUT2D eigenvalue weighted by molar-refractivity contribution is 0.340. The van der Waals surface area contributed by atoms with Crippen molar-refractivity contribution in [1.29, 1.82) is 0 Å². The Kier molecular flexibility index (Phi) is 4.22. The van der Waals surface area contributed by atoms with Crippen molar-refractivity contribution in [2.75, 3.05) is 6.61 Å². The van der Waals surface area contributed by atoms with Crippen LogP contribution in [0.3, 0.4) is 0 Å². The van der Waals surface area contributed by atoms with Crippen molar-refractivity contribution >= 4 is 0 Å². The van der Waals surface area contributed by atoms with Gasteiger partial charge in [0.25, 0.3) is 0 Å². The number of rotatable bonds is 5. The lowest BCUT2D eigenvalue weighted by Crippen LogP contribution is -2.29. The summed E-state index contributed by atoms with van der Waals surface area (Å²) in [6.07, 6.45) is 4.98. The highest BCUT2D eigenvalue weighted by atomic mass is 16.5. The van der Waals surface area contributed by atoms with Crippen LogP contribution in [0.1, 0.15) is 24.2 Å². The first-order valence-electron chi connectivity index (χ1n) is 5.80. The second-order valence-corrected chi connectivity index (χ2v) is 3.73. The van der Waals surface area contributed by atoms with Crippen LogP contribution in [0.25, 0.3) is 0 Å². The molecule has 0 saturated carbocycles. The molecular weight excluding hydrogens is 228 g/mol. The molecule has 94 valence electrons. The second kappa shape index (κ2) is 6.09. The summed E-state index contributed by atoms with van der Waals surface area (Å²) in [5.74, 6) is 6.43. The molecule has 0 bridgehead atoms. The average Bonchev–Trinajstić information content (AvgIpc) is 2.43. The lowest BCUT2D eigenvalue weighted by atomic mass is 10.0. The summed E-state index contributed by atoms with van der Waals surface area (Å²) >= 11 is 0. The Morgan fingerprint density at radius 2 is 2.06 bits per heavy atom. The number of nitrogens with two attached hydrogens (primary N) is 1. The summed E-state index contributed by atoms with van der Waals surface area (Å²) < 4.78 is 5.40. The topological polar surface area (TPSA) is 73.1 Å². The smallest absolute Gasteiger partial charge is 0.119 e. The Labute approximate surface area is 106 Å². The average molecular weight is 244 g/mol. The molecular formula is C13H16N4O. The van der Waals surface area contributed by atoms with E-state index in [1.165, 1.54) is 0 Å². The summed E-state index contributed by atoms with van der Waals surface area (Å²) in [5.41, 5.74) is 4.54. The van der Waals surface area contributed by atoms with Gasteiger partial charge in [-0.1, -0.05) is 12.1 Å². The van der Waals surface area contributed by atoms with E-state index in [1.807, 2.05) is 31.2 Å². The number of hydrogen-bond acceptors (Lipinski definition) is 5. The zero-order valence-corrected chi connectivity index (χ0v) is 10.2. The molecule has 1 aromatic heterocycles. The molecule has 0 spiro atoms.